The van der Waals surface area contributed by atoms with Gasteiger partial charge in [-0.25, -0.2) is 10.4 Å². The van der Waals surface area contributed by atoms with Crippen molar-refractivity contribution in [1.29, 1.82) is 0 Å². The predicted molar refractivity (Wildman–Crippen MR) is 146 cm³/mol. The Labute approximate surface area is 220 Å². The van der Waals surface area contributed by atoms with Gasteiger partial charge in [-0.15, -0.1) is 0 Å². The van der Waals surface area contributed by atoms with Crippen molar-refractivity contribution in [2.45, 2.75) is 12.1 Å². The van der Waals surface area contributed by atoms with E-state index in [4.69, 9.17) is 9.47 Å². The number of halogens is 1. The first-order valence-electron chi connectivity index (χ1n) is 11.0. The zero-order valence-corrected chi connectivity index (χ0v) is 22.0. The Morgan fingerprint density at radius 3 is 2.69 bits per heavy atom. The number of nitrogens with zero attached hydrogens (tertiary/aromatic N) is 3. The molecule has 8 nitrogen and oxygen atoms in total. The van der Waals surface area contributed by atoms with Crippen LogP contribution in [0.25, 0.3) is 16.6 Å². The molecule has 0 saturated carbocycles. The molecule has 36 heavy (non-hydrogen) atoms. The molecule has 0 spiro atoms. The zero-order chi connectivity index (χ0) is 25.5. The number of nitrogens with one attached hydrogen (secondary N) is 1. The smallest absolute Gasteiger partial charge is 0.266 e. The fourth-order valence-electron chi connectivity index (χ4n) is 3.44. The average molecular weight is 567 g/mol. The third kappa shape index (κ3) is 5.95. The summed E-state index contributed by atoms with van der Waals surface area (Å²) in [4.78, 5) is 30.5. The second-order valence-electron chi connectivity index (χ2n) is 7.45. The van der Waals surface area contributed by atoms with E-state index >= 15 is 0 Å². The lowest BCUT2D eigenvalue weighted by Gasteiger charge is -2.13. The number of benzene rings is 3. The average Bonchev–Trinajstić information content (AvgIpc) is 2.88. The molecule has 1 aromatic heterocycles. The van der Waals surface area contributed by atoms with Crippen molar-refractivity contribution in [2.24, 2.45) is 5.10 Å². The molecule has 184 valence electrons. The molecule has 1 N–H and O–H groups in total. The highest BCUT2D eigenvalue weighted by Crippen LogP contribution is 2.23. The van der Waals surface area contributed by atoms with Crippen LogP contribution in [0.4, 0.5) is 0 Å². The molecule has 0 atom stereocenters. The van der Waals surface area contributed by atoms with Crippen LogP contribution in [0.15, 0.2) is 86.3 Å². The highest BCUT2D eigenvalue weighted by molar-refractivity contribution is 9.10. The molecule has 4 rings (SSSR count). The third-order valence-electron chi connectivity index (χ3n) is 5.07. The SMILES string of the molecule is CCOc1ccc(-n2c(SCC(=O)NN=Cc3cc(Br)ccc3OC)nc3ccccc3c2=O)cc1. The van der Waals surface area contributed by atoms with E-state index in [1.165, 1.54) is 10.8 Å². The number of aromatic nitrogens is 2. The van der Waals surface area contributed by atoms with Crippen molar-refractivity contribution < 1.29 is 14.3 Å². The maximum atomic E-state index is 13.4. The Morgan fingerprint density at radius 1 is 1.17 bits per heavy atom. The number of fused-ring (bicyclic) bond motifs is 1. The van der Waals surface area contributed by atoms with Gasteiger partial charge in [-0.1, -0.05) is 39.8 Å². The summed E-state index contributed by atoms with van der Waals surface area (Å²) in [6, 6.07) is 19.8. The number of thioether (sulfide) groups is 1. The van der Waals surface area contributed by atoms with Gasteiger partial charge in [-0.2, -0.15) is 5.10 Å². The normalized spacial score (nSPS) is 11.1. The summed E-state index contributed by atoms with van der Waals surface area (Å²) >= 11 is 4.56. The van der Waals surface area contributed by atoms with Crippen LogP contribution in [0.1, 0.15) is 12.5 Å². The van der Waals surface area contributed by atoms with Gasteiger partial charge in [-0.3, -0.25) is 14.2 Å². The van der Waals surface area contributed by atoms with E-state index in [-0.39, 0.29) is 17.2 Å². The molecule has 0 aliphatic heterocycles. The van der Waals surface area contributed by atoms with Crippen molar-refractivity contribution in [2.75, 3.05) is 19.5 Å². The number of hydrogen-bond acceptors (Lipinski definition) is 7. The Bertz CT molecular complexity index is 1470. The summed E-state index contributed by atoms with van der Waals surface area (Å²) < 4.78 is 13.2. The molecule has 0 unspecified atom stereocenters. The summed E-state index contributed by atoms with van der Waals surface area (Å²) in [5, 5.41) is 4.93. The Morgan fingerprint density at radius 2 is 1.94 bits per heavy atom. The number of methoxy groups -OCH3 is 1. The van der Waals surface area contributed by atoms with E-state index in [9.17, 15) is 9.59 Å². The number of hydrazone groups is 1. The fourth-order valence-corrected chi connectivity index (χ4v) is 4.62. The van der Waals surface area contributed by atoms with Gasteiger partial charge in [0.2, 0.25) is 0 Å². The maximum Gasteiger partial charge on any atom is 0.266 e. The van der Waals surface area contributed by atoms with E-state index in [0.29, 0.717) is 45.4 Å². The standard InChI is InChI=1S/C26H23BrN4O4S/c1-3-35-20-11-9-19(10-12-20)31-25(33)21-6-4-5-7-22(21)29-26(31)36-16-24(32)30-28-15-17-14-18(27)8-13-23(17)34-2/h4-15H,3,16H2,1-2H3,(H,30,32). The number of para-hydroxylation sites is 1. The molecule has 4 aromatic rings. The second-order valence-corrected chi connectivity index (χ2v) is 9.31. The van der Waals surface area contributed by atoms with Crippen molar-refractivity contribution in [3.05, 3.63) is 87.1 Å². The first-order valence-corrected chi connectivity index (χ1v) is 12.8. The zero-order valence-electron chi connectivity index (χ0n) is 19.6. The van der Waals surface area contributed by atoms with Gasteiger partial charge >= 0.3 is 0 Å². The molecule has 0 aliphatic carbocycles. The van der Waals surface area contributed by atoms with E-state index in [2.05, 4.69) is 31.4 Å². The summed E-state index contributed by atoms with van der Waals surface area (Å²) in [5.74, 6) is 1.00. The van der Waals surface area contributed by atoms with Gasteiger partial charge in [-0.05, 0) is 61.5 Å². The number of ether oxygens (including phenoxy) is 2. The number of rotatable bonds is 9. The number of carbonyl (C=O) groups excluding carboxylic acids is 1. The minimum atomic E-state index is -0.342. The molecule has 10 heteroatoms. The molecular formula is C26H23BrN4O4S. The van der Waals surface area contributed by atoms with Gasteiger partial charge in [0, 0.05) is 10.0 Å². The quantitative estimate of drug-likeness (QED) is 0.135. The third-order valence-corrected chi connectivity index (χ3v) is 6.50. The lowest BCUT2D eigenvalue weighted by atomic mass is 10.2. The summed E-state index contributed by atoms with van der Waals surface area (Å²) in [7, 11) is 1.57. The first-order chi connectivity index (χ1) is 17.5. The van der Waals surface area contributed by atoms with Crippen LogP contribution in [0.3, 0.4) is 0 Å². The van der Waals surface area contributed by atoms with Gasteiger partial charge in [0.1, 0.15) is 11.5 Å². The second kappa shape index (κ2) is 11.9. The lowest BCUT2D eigenvalue weighted by molar-refractivity contribution is -0.118. The number of hydrogen-bond donors (Lipinski definition) is 1. The number of carbonyl (C=O) groups is 1. The van der Waals surface area contributed by atoms with E-state index in [1.54, 1.807) is 55.6 Å². The maximum absolute atomic E-state index is 13.4. The minimum absolute atomic E-state index is 0.00870. The molecule has 0 aliphatic rings. The number of amides is 1. The van der Waals surface area contributed by atoms with Gasteiger partial charge in [0.05, 0.1) is 42.3 Å². The van der Waals surface area contributed by atoms with Crippen LogP contribution in [0, 0.1) is 0 Å². The largest absolute Gasteiger partial charge is 0.496 e. The Kier molecular flexibility index (Phi) is 8.40. The molecule has 3 aromatic carbocycles. The molecule has 0 saturated heterocycles. The van der Waals surface area contributed by atoms with Crippen LogP contribution in [-0.4, -0.2) is 41.1 Å². The highest BCUT2D eigenvalue weighted by atomic mass is 79.9. The summed E-state index contributed by atoms with van der Waals surface area (Å²) in [6.07, 6.45) is 1.51. The van der Waals surface area contributed by atoms with E-state index in [0.717, 1.165) is 16.2 Å². The van der Waals surface area contributed by atoms with Gasteiger partial charge < -0.3 is 9.47 Å². The Hall–Kier alpha value is -3.63. The minimum Gasteiger partial charge on any atom is -0.496 e. The van der Waals surface area contributed by atoms with E-state index in [1.807, 2.05) is 25.1 Å². The molecular weight excluding hydrogens is 544 g/mol. The molecule has 0 bridgehead atoms. The van der Waals surface area contributed by atoms with Crippen LogP contribution >= 0.6 is 27.7 Å². The molecule has 0 radical (unpaired) electrons. The van der Waals surface area contributed by atoms with Gasteiger partial charge in [0.25, 0.3) is 11.5 Å². The fraction of sp³-hybridized carbons (Fsp3) is 0.154. The Balaban J connectivity index is 1.56. The first kappa shape index (κ1) is 25.5. The highest BCUT2D eigenvalue weighted by Gasteiger charge is 2.15. The predicted octanol–water partition coefficient (Wildman–Crippen LogP) is 4.80. The van der Waals surface area contributed by atoms with Crippen molar-refractivity contribution >= 4 is 50.7 Å². The lowest BCUT2D eigenvalue weighted by Crippen LogP contribution is -2.24. The van der Waals surface area contributed by atoms with Crippen LogP contribution in [0.2, 0.25) is 0 Å². The van der Waals surface area contributed by atoms with Gasteiger partial charge in [0.15, 0.2) is 5.16 Å². The van der Waals surface area contributed by atoms with Crippen molar-refractivity contribution in [3.63, 3.8) is 0 Å². The summed E-state index contributed by atoms with van der Waals surface area (Å²) in [6.45, 7) is 2.45. The molecule has 1 amide bonds. The van der Waals surface area contributed by atoms with Crippen molar-refractivity contribution in [3.8, 4) is 17.2 Å². The monoisotopic (exact) mass is 566 g/mol. The van der Waals surface area contributed by atoms with E-state index < -0.39 is 0 Å². The molecule has 1 heterocycles. The van der Waals surface area contributed by atoms with Crippen molar-refractivity contribution in [1.82, 2.24) is 15.0 Å². The van der Waals surface area contributed by atoms with Crippen LogP contribution < -0.4 is 20.5 Å². The topological polar surface area (TPSA) is 94.8 Å². The van der Waals surface area contributed by atoms with Crippen LogP contribution in [0.5, 0.6) is 11.5 Å². The van der Waals surface area contributed by atoms with Crippen LogP contribution in [-0.2, 0) is 4.79 Å². The summed E-state index contributed by atoms with van der Waals surface area (Å²) in [5.41, 5.74) is 4.20. The molecule has 0 fully saturated rings.